The zero-order chi connectivity index (χ0) is 22.8. The molecular formula is C24H25FN6O2. The van der Waals surface area contributed by atoms with E-state index in [1.54, 1.807) is 6.07 Å². The summed E-state index contributed by atoms with van der Waals surface area (Å²) in [5, 5.41) is 5.74. The Labute approximate surface area is 191 Å². The Morgan fingerprint density at radius 2 is 2.00 bits per heavy atom. The van der Waals surface area contributed by atoms with Crippen molar-refractivity contribution >= 4 is 17.5 Å². The number of hydrogen-bond donors (Lipinski definition) is 2. The van der Waals surface area contributed by atoms with Gasteiger partial charge in [0.1, 0.15) is 5.82 Å². The molecule has 1 aromatic carbocycles. The minimum atomic E-state index is -0.475. The number of carbonyl (C=O) groups is 1. The Hall–Kier alpha value is -3.59. The van der Waals surface area contributed by atoms with E-state index < -0.39 is 5.82 Å². The number of aromatic nitrogens is 3. The van der Waals surface area contributed by atoms with Crippen molar-refractivity contribution in [1.82, 2.24) is 20.3 Å². The average molecular weight is 449 g/mol. The molecule has 1 saturated carbocycles. The molecule has 1 saturated heterocycles. The molecule has 1 aliphatic carbocycles. The van der Waals surface area contributed by atoms with Gasteiger partial charge in [-0.1, -0.05) is 12.1 Å². The number of urea groups is 1. The van der Waals surface area contributed by atoms with Gasteiger partial charge in [-0.15, -0.1) is 0 Å². The number of rotatable bonds is 5. The topological polar surface area (TPSA) is 92.3 Å². The predicted molar refractivity (Wildman–Crippen MR) is 123 cm³/mol. The van der Waals surface area contributed by atoms with Gasteiger partial charge in [-0.3, -0.25) is 4.98 Å². The predicted octanol–water partition coefficient (Wildman–Crippen LogP) is 3.85. The third-order valence-electron chi connectivity index (χ3n) is 5.74. The highest BCUT2D eigenvalue weighted by atomic mass is 19.1. The number of morpholine rings is 1. The van der Waals surface area contributed by atoms with E-state index in [-0.39, 0.29) is 12.1 Å². The number of halogens is 1. The molecule has 2 aromatic heterocycles. The molecule has 0 bridgehead atoms. The molecule has 0 spiro atoms. The van der Waals surface area contributed by atoms with E-state index in [0.717, 1.165) is 24.6 Å². The Morgan fingerprint density at radius 1 is 1.18 bits per heavy atom. The minimum Gasteiger partial charge on any atom is -0.377 e. The van der Waals surface area contributed by atoms with Crippen LogP contribution in [-0.2, 0) is 4.74 Å². The van der Waals surface area contributed by atoms with E-state index in [9.17, 15) is 9.18 Å². The third kappa shape index (κ3) is 4.93. The van der Waals surface area contributed by atoms with Gasteiger partial charge in [0, 0.05) is 36.1 Å². The highest BCUT2D eigenvalue weighted by Gasteiger charge is 2.24. The van der Waals surface area contributed by atoms with Crippen LogP contribution in [0.1, 0.15) is 19.8 Å². The van der Waals surface area contributed by atoms with Gasteiger partial charge in [-0.05, 0) is 38.0 Å². The molecule has 2 N–H and O–H groups in total. The van der Waals surface area contributed by atoms with Gasteiger partial charge >= 0.3 is 6.03 Å². The van der Waals surface area contributed by atoms with E-state index in [0.29, 0.717) is 54.4 Å². The highest BCUT2D eigenvalue weighted by Crippen LogP contribution is 2.29. The van der Waals surface area contributed by atoms with Crippen molar-refractivity contribution in [2.45, 2.75) is 31.8 Å². The van der Waals surface area contributed by atoms with Gasteiger partial charge in [-0.25, -0.2) is 19.2 Å². The monoisotopic (exact) mass is 448 g/mol. The van der Waals surface area contributed by atoms with E-state index in [4.69, 9.17) is 4.74 Å². The minimum absolute atomic E-state index is 0.133. The summed E-state index contributed by atoms with van der Waals surface area (Å²) in [6.45, 7) is 3.96. The Bertz CT molecular complexity index is 1150. The molecule has 9 heteroatoms. The van der Waals surface area contributed by atoms with Gasteiger partial charge in [0.2, 0.25) is 0 Å². The van der Waals surface area contributed by atoms with Crippen LogP contribution in [0.25, 0.3) is 22.6 Å². The maximum absolute atomic E-state index is 14.5. The number of anilines is 2. The lowest BCUT2D eigenvalue weighted by Crippen LogP contribution is -2.44. The first-order chi connectivity index (χ1) is 16.1. The molecule has 5 rings (SSSR count). The van der Waals surface area contributed by atoms with Crippen molar-refractivity contribution in [1.29, 1.82) is 0 Å². The Balaban J connectivity index is 1.48. The van der Waals surface area contributed by atoms with Crippen LogP contribution in [0.2, 0.25) is 0 Å². The first-order valence-corrected chi connectivity index (χ1v) is 11.1. The normalized spacial score (nSPS) is 18.1. The standard InChI is InChI=1S/C24H25FN6O2/c1-15-14-33-11-10-31(15)22-12-21(29-23(30-22)19-8-9-26-13-20(19)25)16-2-4-17(5-3-16)27-24(32)28-18-6-7-18/h2-5,8-9,12-13,15,18H,6-7,10-11,14H2,1H3,(H2,27,28,32)/t15-/m0/s1. The third-order valence-corrected chi connectivity index (χ3v) is 5.74. The molecule has 1 aliphatic heterocycles. The summed E-state index contributed by atoms with van der Waals surface area (Å²) in [6, 6.07) is 11.1. The van der Waals surface area contributed by atoms with E-state index in [1.165, 1.54) is 6.20 Å². The molecule has 0 radical (unpaired) electrons. The molecule has 2 amide bonds. The van der Waals surface area contributed by atoms with Crippen LogP contribution in [0, 0.1) is 5.82 Å². The lowest BCUT2D eigenvalue weighted by atomic mass is 10.1. The van der Waals surface area contributed by atoms with Crippen molar-refractivity contribution in [3.63, 3.8) is 0 Å². The van der Waals surface area contributed by atoms with Gasteiger partial charge in [0.15, 0.2) is 11.6 Å². The summed E-state index contributed by atoms with van der Waals surface area (Å²) in [5.41, 5.74) is 2.49. The highest BCUT2D eigenvalue weighted by molar-refractivity contribution is 5.90. The van der Waals surface area contributed by atoms with E-state index >= 15 is 0 Å². The first kappa shape index (κ1) is 21.3. The van der Waals surface area contributed by atoms with Crippen molar-refractivity contribution in [3.8, 4) is 22.6 Å². The van der Waals surface area contributed by atoms with Crippen molar-refractivity contribution in [2.24, 2.45) is 0 Å². The fourth-order valence-corrected chi connectivity index (χ4v) is 3.78. The number of nitrogens with zero attached hydrogens (tertiary/aromatic N) is 4. The maximum Gasteiger partial charge on any atom is 0.319 e. The maximum atomic E-state index is 14.5. The Kier molecular flexibility index (Phi) is 5.87. The van der Waals surface area contributed by atoms with Crippen LogP contribution in [-0.4, -0.2) is 52.8 Å². The number of pyridine rings is 1. The number of carbonyl (C=O) groups excluding carboxylic acids is 1. The van der Waals surface area contributed by atoms with Crippen molar-refractivity contribution in [2.75, 3.05) is 30.0 Å². The number of hydrogen-bond acceptors (Lipinski definition) is 6. The summed E-state index contributed by atoms with van der Waals surface area (Å²) >= 11 is 0. The van der Waals surface area contributed by atoms with Gasteiger partial charge in [-0.2, -0.15) is 0 Å². The van der Waals surface area contributed by atoms with Gasteiger partial charge in [0.25, 0.3) is 0 Å². The molecule has 3 aromatic rings. The van der Waals surface area contributed by atoms with Crippen LogP contribution >= 0.6 is 0 Å². The second kappa shape index (κ2) is 9.11. The van der Waals surface area contributed by atoms with Crippen LogP contribution in [0.15, 0.2) is 48.8 Å². The quantitative estimate of drug-likeness (QED) is 0.616. The molecule has 2 aliphatic rings. The number of amides is 2. The molecule has 0 unspecified atom stereocenters. The van der Waals surface area contributed by atoms with Gasteiger partial charge < -0.3 is 20.3 Å². The lowest BCUT2D eigenvalue weighted by molar-refractivity contribution is 0.0985. The summed E-state index contributed by atoms with van der Waals surface area (Å²) in [5.74, 6) is 0.539. The summed E-state index contributed by atoms with van der Waals surface area (Å²) in [6.07, 6.45) is 4.75. The summed E-state index contributed by atoms with van der Waals surface area (Å²) in [4.78, 5) is 27.3. The van der Waals surface area contributed by atoms with E-state index in [2.05, 4.69) is 37.4 Å². The largest absolute Gasteiger partial charge is 0.377 e. The Morgan fingerprint density at radius 3 is 2.73 bits per heavy atom. The van der Waals surface area contributed by atoms with E-state index in [1.807, 2.05) is 30.3 Å². The number of ether oxygens (including phenoxy) is 1. The average Bonchev–Trinajstić information content (AvgIpc) is 3.64. The first-order valence-electron chi connectivity index (χ1n) is 11.1. The van der Waals surface area contributed by atoms with Crippen LogP contribution < -0.4 is 15.5 Å². The van der Waals surface area contributed by atoms with Crippen molar-refractivity contribution in [3.05, 3.63) is 54.6 Å². The zero-order valence-corrected chi connectivity index (χ0v) is 18.3. The SMILES string of the molecule is C[C@H]1COCCN1c1cc(-c2ccc(NC(=O)NC3CC3)cc2)nc(-c2ccncc2F)n1. The second-order valence-electron chi connectivity index (χ2n) is 8.36. The number of nitrogens with one attached hydrogen (secondary N) is 2. The fraction of sp³-hybridized carbons (Fsp3) is 0.333. The molecule has 3 heterocycles. The molecule has 2 fully saturated rings. The zero-order valence-electron chi connectivity index (χ0n) is 18.3. The second-order valence-corrected chi connectivity index (χ2v) is 8.36. The van der Waals surface area contributed by atoms with Gasteiger partial charge in [0.05, 0.1) is 36.7 Å². The van der Waals surface area contributed by atoms with Crippen molar-refractivity contribution < 1.29 is 13.9 Å². The molecular weight excluding hydrogens is 423 g/mol. The molecule has 170 valence electrons. The molecule has 1 atom stereocenters. The smallest absolute Gasteiger partial charge is 0.319 e. The fourth-order valence-electron chi connectivity index (χ4n) is 3.78. The molecule has 33 heavy (non-hydrogen) atoms. The lowest BCUT2D eigenvalue weighted by Gasteiger charge is -2.34. The molecule has 8 nitrogen and oxygen atoms in total. The number of benzene rings is 1. The summed E-state index contributed by atoms with van der Waals surface area (Å²) < 4.78 is 20.1. The summed E-state index contributed by atoms with van der Waals surface area (Å²) in [7, 11) is 0. The van der Waals surface area contributed by atoms with Crippen LogP contribution in [0.3, 0.4) is 0 Å². The van der Waals surface area contributed by atoms with Crippen LogP contribution in [0.4, 0.5) is 20.7 Å². The van der Waals surface area contributed by atoms with Crippen LogP contribution in [0.5, 0.6) is 0 Å².